The van der Waals surface area contributed by atoms with E-state index in [9.17, 15) is 4.79 Å². The Morgan fingerprint density at radius 1 is 1.19 bits per heavy atom. The second-order valence-electron chi connectivity index (χ2n) is 5.05. The first-order valence-electron chi connectivity index (χ1n) is 7.02. The zero-order chi connectivity index (χ0) is 14.8. The highest BCUT2D eigenvalue weighted by molar-refractivity contribution is 5.92. The number of nitrogens with two attached hydrogens (primary N) is 1. The van der Waals surface area contributed by atoms with Crippen molar-refractivity contribution in [1.29, 1.82) is 0 Å². The first kappa shape index (κ1) is 13.4. The van der Waals surface area contributed by atoms with Crippen LogP contribution in [0.3, 0.4) is 0 Å². The summed E-state index contributed by atoms with van der Waals surface area (Å²) in [7, 11) is 0. The highest BCUT2D eigenvalue weighted by Crippen LogP contribution is 2.26. The van der Waals surface area contributed by atoms with Crippen LogP contribution in [-0.4, -0.2) is 15.5 Å². The molecule has 2 aromatic carbocycles. The van der Waals surface area contributed by atoms with E-state index in [1.807, 2.05) is 36.7 Å². The SMILES string of the molecule is CCC(c1ccc(C(N)=O)cc1)n1cnc2ccccc21. The molecule has 0 aliphatic rings. The average molecular weight is 279 g/mol. The Bertz CT molecular complexity index is 774. The van der Waals surface area contributed by atoms with E-state index in [0.717, 1.165) is 23.0 Å². The van der Waals surface area contributed by atoms with Gasteiger partial charge in [0.05, 0.1) is 23.4 Å². The predicted octanol–water partition coefficient (Wildman–Crippen LogP) is 3.13. The van der Waals surface area contributed by atoms with Gasteiger partial charge in [0.2, 0.25) is 5.91 Å². The van der Waals surface area contributed by atoms with Gasteiger partial charge >= 0.3 is 0 Å². The summed E-state index contributed by atoms with van der Waals surface area (Å²) < 4.78 is 2.18. The van der Waals surface area contributed by atoms with E-state index in [1.54, 1.807) is 12.1 Å². The maximum atomic E-state index is 11.2. The van der Waals surface area contributed by atoms with Crippen molar-refractivity contribution >= 4 is 16.9 Å². The maximum absolute atomic E-state index is 11.2. The Kier molecular flexibility index (Phi) is 3.44. The van der Waals surface area contributed by atoms with Gasteiger partial charge < -0.3 is 10.3 Å². The lowest BCUT2D eigenvalue weighted by Gasteiger charge is -2.18. The lowest BCUT2D eigenvalue weighted by atomic mass is 10.0. The van der Waals surface area contributed by atoms with Crippen molar-refractivity contribution in [2.75, 3.05) is 0 Å². The minimum absolute atomic E-state index is 0.194. The van der Waals surface area contributed by atoms with E-state index >= 15 is 0 Å². The molecule has 0 fully saturated rings. The van der Waals surface area contributed by atoms with Crippen LogP contribution in [-0.2, 0) is 0 Å². The van der Waals surface area contributed by atoms with Gasteiger partial charge in [-0.25, -0.2) is 4.98 Å². The van der Waals surface area contributed by atoms with Crippen molar-refractivity contribution in [3.8, 4) is 0 Å². The third kappa shape index (κ3) is 2.40. The van der Waals surface area contributed by atoms with Crippen molar-refractivity contribution in [2.24, 2.45) is 5.73 Å². The topological polar surface area (TPSA) is 60.9 Å². The molecule has 3 rings (SSSR count). The number of hydrogen-bond donors (Lipinski definition) is 1. The molecular weight excluding hydrogens is 262 g/mol. The molecule has 106 valence electrons. The summed E-state index contributed by atoms with van der Waals surface area (Å²) in [5.41, 5.74) is 9.07. The molecule has 1 amide bonds. The highest BCUT2D eigenvalue weighted by atomic mass is 16.1. The van der Waals surface area contributed by atoms with Crippen LogP contribution in [0.4, 0.5) is 0 Å². The molecule has 1 atom stereocenters. The van der Waals surface area contributed by atoms with E-state index in [0.29, 0.717) is 5.56 Å². The smallest absolute Gasteiger partial charge is 0.248 e. The molecule has 0 bridgehead atoms. The first-order chi connectivity index (χ1) is 10.2. The molecule has 1 unspecified atom stereocenters. The van der Waals surface area contributed by atoms with Crippen molar-refractivity contribution in [3.05, 3.63) is 66.0 Å². The fraction of sp³-hybridized carbons (Fsp3) is 0.176. The molecule has 1 heterocycles. The first-order valence-corrected chi connectivity index (χ1v) is 7.02. The highest BCUT2D eigenvalue weighted by Gasteiger charge is 2.14. The molecular formula is C17H17N3O. The minimum Gasteiger partial charge on any atom is -0.366 e. The Hall–Kier alpha value is -2.62. The van der Waals surface area contributed by atoms with E-state index in [-0.39, 0.29) is 6.04 Å². The largest absolute Gasteiger partial charge is 0.366 e. The van der Waals surface area contributed by atoms with Gasteiger partial charge in [-0.05, 0) is 36.2 Å². The van der Waals surface area contributed by atoms with E-state index < -0.39 is 5.91 Å². The number of imidazole rings is 1. The standard InChI is InChI=1S/C17H17N3O/c1-2-15(12-7-9-13(10-8-12)17(18)21)20-11-19-14-5-3-4-6-16(14)20/h3-11,15H,2H2,1H3,(H2,18,21). The summed E-state index contributed by atoms with van der Waals surface area (Å²) in [5, 5.41) is 0. The molecule has 0 saturated heterocycles. The van der Waals surface area contributed by atoms with Gasteiger partial charge in [0, 0.05) is 5.56 Å². The summed E-state index contributed by atoms with van der Waals surface area (Å²) in [6.45, 7) is 2.14. The molecule has 4 heteroatoms. The van der Waals surface area contributed by atoms with Gasteiger partial charge in [0.25, 0.3) is 0 Å². The summed E-state index contributed by atoms with van der Waals surface area (Å²) in [6.07, 6.45) is 2.82. The van der Waals surface area contributed by atoms with Crippen molar-refractivity contribution in [1.82, 2.24) is 9.55 Å². The number of fused-ring (bicyclic) bond motifs is 1. The molecule has 0 aliphatic heterocycles. The van der Waals surface area contributed by atoms with Gasteiger partial charge in [-0.1, -0.05) is 31.2 Å². The van der Waals surface area contributed by atoms with E-state index in [4.69, 9.17) is 5.73 Å². The fourth-order valence-electron chi connectivity index (χ4n) is 2.69. The van der Waals surface area contributed by atoms with Crippen molar-refractivity contribution < 1.29 is 4.79 Å². The number of carbonyl (C=O) groups excluding carboxylic acids is 1. The molecule has 0 aliphatic carbocycles. The summed E-state index contributed by atoms with van der Waals surface area (Å²) >= 11 is 0. The number of amides is 1. The lowest BCUT2D eigenvalue weighted by Crippen LogP contribution is -2.12. The Labute approximate surface area is 123 Å². The van der Waals surface area contributed by atoms with Crippen LogP contribution in [0.5, 0.6) is 0 Å². The van der Waals surface area contributed by atoms with Gasteiger partial charge in [-0.2, -0.15) is 0 Å². The molecule has 0 spiro atoms. The third-order valence-electron chi connectivity index (χ3n) is 3.78. The number of primary amides is 1. The van der Waals surface area contributed by atoms with Crippen LogP contribution < -0.4 is 5.73 Å². The fourth-order valence-corrected chi connectivity index (χ4v) is 2.69. The van der Waals surface area contributed by atoms with Crippen LogP contribution in [0, 0.1) is 0 Å². The molecule has 4 nitrogen and oxygen atoms in total. The predicted molar refractivity (Wildman–Crippen MR) is 83.1 cm³/mol. The van der Waals surface area contributed by atoms with Crippen LogP contribution in [0.1, 0.15) is 35.3 Å². The minimum atomic E-state index is -0.400. The van der Waals surface area contributed by atoms with Crippen molar-refractivity contribution in [3.63, 3.8) is 0 Å². The normalized spacial score (nSPS) is 12.4. The number of rotatable bonds is 4. The lowest BCUT2D eigenvalue weighted by molar-refractivity contribution is 0.100. The zero-order valence-electron chi connectivity index (χ0n) is 11.9. The van der Waals surface area contributed by atoms with Gasteiger partial charge in [0.15, 0.2) is 0 Å². The zero-order valence-corrected chi connectivity index (χ0v) is 11.9. The maximum Gasteiger partial charge on any atom is 0.248 e. The number of para-hydroxylation sites is 2. The van der Waals surface area contributed by atoms with E-state index in [2.05, 4.69) is 22.5 Å². The quantitative estimate of drug-likeness (QED) is 0.797. The van der Waals surface area contributed by atoms with Gasteiger partial charge in [0.1, 0.15) is 0 Å². The van der Waals surface area contributed by atoms with Crippen LogP contribution in [0.25, 0.3) is 11.0 Å². The van der Waals surface area contributed by atoms with E-state index in [1.165, 1.54) is 0 Å². The molecule has 1 aromatic heterocycles. The Balaban J connectivity index is 2.03. The second kappa shape index (κ2) is 5.40. The monoisotopic (exact) mass is 279 g/mol. The summed E-state index contributed by atoms with van der Waals surface area (Å²) in [4.78, 5) is 15.6. The Morgan fingerprint density at radius 2 is 1.90 bits per heavy atom. The molecule has 0 radical (unpaired) electrons. The number of nitrogens with zero attached hydrogens (tertiary/aromatic N) is 2. The van der Waals surface area contributed by atoms with Crippen LogP contribution in [0.15, 0.2) is 54.9 Å². The molecule has 21 heavy (non-hydrogen) atoms. The average Bonchev–Trinajstić information content (AvgIpc) is 2.93. The van der Waals surface area contributed by atoms with Crippen molar-refractivity contribution in [2.45, 2.75) is 19.4 Å². The molecule has 3 aromatic rings. The summed E-state index contributed by atoms with van der Waals surface area (Å²) in [6, 6.07) is 15.8. The number of hydrogen-bond acceptors (Lipinski definition) is 2. The second-order valence-corrected chi connectivity index (χ2v) is 5.05. The van der Waals surface area contributed by atoms with Crippen LogP contribution >= 0.6 is 0 Å². The molecule has 0 saturated carbocycles. The third-order valence-corrected chi connectivity index (χ3v) is 3.78. The Morgan fingerprint density at radius 3 is 2.57 bits per heavy atom. The number of aromatic nitrogens is 2. The number of carbonyl (C=O) groups is 1. The van der Waals surface area contributed by atoms with Crippen LogP contribution in [0.2, 0.25) is 0 Å². The van der Waals surface area contributed by atoms with Gasteiger partial charge in [-0.3, -0.25) is 4.79 Å². The summed E-state index contributed by atoms with van der Waals surface area (Å²) in [5.74, 6) is -0.400. The van der Waals surface area contributed by atoms with Gasteiger partial charge in [-0.15, -0.1) is 0 Å². The number of benzene rings is 2. The molecule has 2 N–H and O–H groups in total.